The first-order chi connectivity index (χ1) is 2.50. The molecule has 0 aliphatic carbocycles. The maximum atomic E-state index is 2.25. The normalized spacial score (nSPS) is 17.6. The zero-order valence-corrected chi connectivity index (χ0v) is 4.07. The maximum absolute atomic E-state index is 2.25. The second kappa shape index (κ2) is 1.70. The molecule has 1 aliphatic heterocycles. The molecule has 0 aromatic heterocycles. The van der Waals surface area contributed by atoms with Gasteiger partial charge in [-0.15, -0.1) is 0 Å². The van der Waals surface area contributed by atoms with Crippen molar-refractivity contribution < 1.29 is 0 Å². The Balaban J connectivity index is 2.32. The molecule has 0 atom stereocenters. The molecule has 1 heterocycles. The Kier molecular flexibility index (Phi) is 1.20. The third kappa shape index (κ3) is 0.837. The van der Waals surface area contributed by atoms with Gasteiger partial charge in [-0.05, 0) is 0 Å². The molecule has 0 aromatic rings. The van der Waals surface area contributed by atoms with E-state index in [4.69, 9.17) is 0 Å². The third-order valence-corrected chi connectivity index (χ3v) is 1.74. The summed E-state index contributed by atoms with van der Waals surface area (Å²) >= 11 is 0. The first-order valence-electron chi connectivity index (χ1n) is 1.86. The molecule has 0 N–H and O–H groups in total. The van der Waals surface area contributed by atoms with Gasteiger partial charge in [-0.25, -0.2) is 0 Å². The average molecular weight is 77.8 g/mol. The van der Waals surface area contributed by atoms with E-state index >= 15 is 0 Å². The van der Waals surface area contributed by atoms with E-state index in [0.717, 1.165) is 0 Å². The molecule has 0 saturated carbocycles. The molecule has 0 unspecified atom stereocenters. The van der Waals surface area contributed by atoms with Crippen LogP contribution in [0.4, 0.5) is 0 Å². The van der Waals surface area contributed by atoms with Gasteiger partial charge in [0, 0.05) is 0 Å². The zero-order valence-electron chi connectivity index (χ0n) is 3.07. The van der Waals surface area contributed by atoms with Gasteiger partial charge in [0.1, 0.15) is 0 Å². The molecule has 0 spiro atoms. The van der Waals surface area contributed by atoms with Crippen LogP contribution in [0, 0.1) is 0 Å². The van der Waals surface area contributed by atoms with Crippen molar-refractivity contribution in [3.8, 4) is 0 Å². The monoisotopic (exact) mass is 78.0 g/mol. The van der Waals surface area contributed by atoms with E-state index in [2.05, 4.69) is 13.6 Å². The van der Waals surface area contributed by atoms with E-state index in [-0.39, 0.29) is 0 Å². The average Bonchev–Trinajstić information content (AvgIpc) is 1.76. The summed E-state index contributed by atoms with van der Waals surface area (Å²) in [6, 6.07) is 0. The van der Waals surface area contributed by atoms with E-state index in [0.29, 0.717) is 0 Å². The molecular weight excluding hydrogens is 73.7 g/mol. The minimum absolute atomic E-state index is 1.20. The zero-order chi connectivity index (χ0) is 3.54. The summed E-state index contributed by atoms with van der Waals surface area (Å²) in [6.07, 6.45) is 0. The number of rotatable bonds is 0. The van der Waals surface area contributed by atoms with Crippen molar-refractivity contribution in [2.24, 2.45) is 0 Å². The van der Waals surface area contributed by atoms with Gasteiger partial charge in [0.25, 0.3) is 0 Å². The van der Waals surface area contributed by atoms with Crippen LogP contribution < -0.4 is 0 Å². The summed E-state index contributed by atoms with van der Waals surface area (Å²) in [5.74, 6) is 2.69. The third-order valence-electron chi connectivity index (χ3n) is 0.691. The molecule has 1 radical (unpaired) electrons. The molecule has 0 nitrogen and oxygen atoms in total. The SMILES string of the molecule is B1=BC[Si-]C1. The molecule has 0 fully saturated rings. The summed E-state index contributed by atoms with van der Waals surface area (Å²) in [4.78, 5) is 0. The van der Waals surface area contributed by atoms with Crippen LogP contribution in [-0.4, -0.2) is 23.1 Å². The number of hydrogen-bond acceptors (Lipinski definition) is 0. The molecule has 0 saturated heterocycles. The summed E-state index contributed by atoms with van der Waals surface area (Å²) in [5.41, 5.74) is 0. The van der Waals surface area contributed by atoms with Crippen molar-refractivity contribution >= 4 is 23.1 Å². The quantitative estimate of drug-likeness (QED) is 0.351. The van der Waals surface area contributed by atoms with Gasteiger partial charge >= 0.3 is 35.0 Å². The van der Waals surface area contributed by atoms with Crippen LogP contribution in [0.5, 0.6) is 0 Å². The minimum atomic E-state index is 1.20. The Morgan fingerprint density at radius 2 is 1.80 bits per heavy atom. The van der Waals surface area contributed by atoms with Crippen molar-refractivity contribution in [2.75, 3.05) is 0 Å². The predicted octanol–water partition coefficient (Wildman–Crippen LogP) is -0.221. The van der Waals surface area contributed by atoms with Crippen LogP contribution in [0.15, 0.2) is 0 Å². The van der Waals surface area contributed by atoms with Gasteiger partial charge in [0.05, 0.1) is 0 Å². The van der Waals surface area contributed by atoms with E-state index in [9.17, 15) is 0 Å². The van der Waals surface area contributed by atoms with Gasteiger partial charge in [0.15, 0.2) is 0 Å². The molecule has 1 aliphatic rings. The summed E-state index contributed by atoms with van der Waals surface area (Å²) in [6.45, 7) is 4.50. The van der Waals surface area contributed by atoms with Gasteiger partial charge < -0.3 is 0 Å². The second-order valence-corrected chi connectivity index (χ2v) is 2.45. The van der Waals surface area contributed by atoms with Gasteiger partial charge in [-0.3, -0.25) is 0 Å². The molecule has 23 valence electrons. The fourth-order valence-corrected chi connectivity index (χ4v) is 1.25. The molecule has 1 rings (SSSR count). The van der Waals surface area contributed by atoms with Crippen molar-refractivity contribution in [3.63, 3.8) is 0 Å². The summed E-state index contributed by atoms with van der Waals surface area (Å²) in [5, 5.41) is 0. The standard InChI is InChI=1S/C2H4B2Si/c1-3-4-2-5-1/h1-2H2/q-1. The summed E-state index contributed by atoms with van der Waals surface area (Å²) < 4.78 is 0. The molecular formula is C2H4B2Si-. The van der Waals surface area contributed by atoms with Crippen LogP contribution in [0.25, 0.3) is 0 Å². The first kappa shape index (κ1) is 3.53. The molecule has 3 heteroatoms. The molecule has 0 bridgehead atoms. The van der Waals surface area contributed by atoms with E-state index < -0.39 is 0 Å². The van der Waals surface area contributed by atoms with Crippen molar-refractivity contribution in [1.29, 1.82) is 0 Å². The predicted molar refractivity (Wildman–Crippen MR) is 26.9 cm³/mol. The summed E-state index contributed by atoms with van der Waals surface area (Å²) in [7, 11) is 1.20. The molecule has 0 amide bonds. The Morgan fingerprint density at radius 1 is 1.20 bits per heavy atom. The van der Waals surface area contributed by atoms with Crippen molar-refractivity contribution in [1.82, 2.24) is 0 Å². The number of hydrogen-bond donors (Lipinski definition) is 0. The Morgan fingerprint density at radius 3 is 2.00 bits per heavy atom. The van der Waals surface area contributed by atoms with Crippen LogP contribution in [-0.2, 0) is 0 Å². The van der Waals surface area contributed by atoms with Crippen LogP contribution >= 0.6 is 0 Å². The van der Waals surface area contributed by atoms with Crippen molar-refractivity contribution in [3.05, 3.63) is 0 Å². The first-order valence-corrected chi connectivity index (χ1v) is 3.27. The van der Waals surface area contributed by atoms with Crippen molar-refractivity contribution in [2.45, 2.75) is 11.9 Å². The van der Waals surface area contributed by atoms with Gasteiger partial charge in [-0.2, -0.15) is 0 Å². The molecule has 5 heavy (non-hydrogen) atoms. The van der Waals surface area contributed by atoms with E-state index in [1.54, 1.807) is 0 Å². The van der Waals surface area contributed by atoms with Crippen LogP contribution in [0.3, 0.4) is 0 Å². The molecule has 0 aromatic carbocycles. The van der Waals surface area contributed by atoms with E-state index in [1.807, 2.05) is 0 Å². The van der Waals surface area contributed by atoms with Crippen LogP contribution in [0.2, 0.25) is 11.9 Å². The fraction of sp³-hybridized carbons (Fsp3) is 1.00. The fourth-order valence-electron chi connectivity index (χ4n) is 0.417. The van der Waals surface area contributed by atoms with Gasteiger partial charge in [0.2, 0.25) is 0 Å². The van der Waals surface area contributed by atoms with E-state index in [1.165, 1.54) is 21.4 Å². The topological polar surface area (TPSA) is 0 Å². The second-order valence-electron chi connectivity index (χ2n) is 1.13. The Hall–Kier alpha value is 0.347. The van der Waals surface area contributed by atoms with Crippen LogP contribution in [0.1, 0.15) is 0 Å². The Labute approximate surface area is 35.9 Å². The Bertz CT molecular complexity index is 45.6. The van der Waals surface area contributed by atoms with Gasteiger partial charge in [-0.1, -0.05) is 0 Å².